The van der Waals surface area contributed by atoms with Crippen molar-refractivity contribution in [3.8, 4) is 0 Å². The highest BCUT2D eigenvalue weighted by atomic mass is 35.5. The monoisotopic (exact) mass is 171 g/mol. The van der Waals surface area contributed by atoms with E-state index in [0.29, 0.717) is 5.88 Å². The highest BCUT2D eigenvalue weighted by Crippen LogP contribution is 2.15. The van der Waals surface area contributed by atoms with Gasteiger partial charge in [0.1, 0.15) is 0 Å². The Bertz CT molecular complexity index is 228. The number of rotatable bonds is 2. The molecule has 3 heteroatoms. The summed E-state index contributed by atoms with van der Waals surface area (Å²) in [5.74, 6) is 0.532. The summed E-state index contributed by atoms with van der Waals surface area (Å²) in [6, 6.07) is 0. The van der Waals surface area contributed by atoms with Gasteiger partial charge in [-0.1, -0.05) is 0 Å². The summed E-state index contributed by atoms with van der Waals surface area (Å²) in [4.78, 5) is 0. The van der Waals surface area contributed by atoms with E-state index in [2.05, 4.69) is 12.0 Å². The molecule has 0 aromatic carbocycles. The van der Waals surface area contributed by atoms with Gasteiger partial charge in [-0.3, -0.25) is 4.68 Å². The van der Waals surface area contributed by atoms with Crippen molar-refractivity contribution in [1.82, 2.24) is 9.78 Å². The van der Waals surface area contributed by atoms with Crippen LogP contribution >= 0.6 is 11.6 Å². The van der Waals surface area contributed by atoms with Crippen molar-refractivity contribution in [1.29, 1.82) is 0 Å². The maximum atomic E-state index is 5.75. The highest BCUT2D eigenvalue weighted by Gasteiger charge is 2.09. The molecule has 1 heterocycles. The minimum Gasteiger partial charge on any atom is -0.272 e. The van der Waals surface area contributed by atoms with E-state index in [-0.39, 0.29) is 0 Å². The van der Waals surface area contributed by atoms with Crippen LogP contribution in [0.4, 0.5) is 0 Å². The molecule has 2 nitrogen and oxygen atoms in total. The third kappa shape index (κ3) is 1.41. The van der Waals surface area contributed by atoms with Crippen LogP contribution in [0, 0.1) is 13.8 Å². The van der Waals surface area contributed by atoms with Crippen molar-refractivity contribution in [3.63, 3.8) is 0 Å². The predicted octanol–water partition coefficient (Wildman–Crippen LogP) is 1.84. The first-order valence-electron chi connectivity index (χ1n) is 3.57. The maximum Gasteiger partial charge on any atom is 0.0640 e. The Labute approximate surface area is 72.2 Å². The summed E-state index contributed by atoms with van der Waals surface area (Å²) in [7, 11) is 1.92. The molecule has 1 aromatic heterocycles. The Kier molecular flexibility index (Phi) is 2.55. The van der Waals surface area contributed by atoms with Crippen molar-refractivity contribution in [2.24, 2.45) is 7.05 Å². The fourth-order valence-electron chi connectivity index (χ4n) is 1.24. The second-order valence-corrected chi connectivity index (χ2v) is 2.79. The Morgan fingerprint density at radius 3 is 2.64 bits per heavy atom. The van der Waals surface area contributed by atoms with Crippen molar-refractivity contribution in [2.45, 2.75) is 19.2 Å². The lowest BCUT2D eigenvalue weighted by molar-refractivity contribution is 0.718. The number of hydrogen-bond donors (Lipinski definition) is 0. The van der Waals surface area contributed by atoms with Gasteiger partial charge in [-0.2, -0.15) is 5.10 Å². The second kappa shape index (κ2) is 3.26. The molecule has 0 unspecified atom stereocenters. The van der Waals surface area contributed by atoms with Gasteiger partial charge in [0, 0.05) is 18.3 Å². The summed E-state index contributed by atoms with van der Waals surface area (Å²) in [6.07, 6.45) is 0.749. The Morgan fingerprint density at radius 1 is 1.64 bits per heavy atom. The molecular formula is C8H12ClN2. The molecule has 1 aromatic rings. The molecule has 1 radical (unpaired) electrons. The number of alkyl halides is 1. The van der Waals surface area contributed by atoms with E-state index in [1.807, 2.05) is 18.7 Å². The first kappa shape index (κ1) is 8.60. The SMILES string of the molecule is [CH2]Cc1c(CCl)c(C)nn1C. The van der Waals surface area contributed by atoms with Gasteiger partial charge in [0.15, 0.2) is 0 Å². The van der Waals surface area contributed by atoms with Gasteiger partial charge in [0.2, 0.25) is 0 Å². The van der Waals surface area contributed by atoms with Gasteiger partial charge < -0.3 is 0 Å². The lowest BCUT2D eigenvalue weighted by Crippen LogP contribution is -1.97. The molecule has 0 atom stereocenters. The summed E-state index contributed by atoms with van der Waals surface area (Å²) in [5, 5.41) is 4.24. The van der Waals surface area contributed by atoms with Gasteiger partial charge in [-0.25, -0.2) is 0 Å². The van der Waals surface area contributed by atoms with Crippen LogP contribution in [-0.2, 0) is 19.3 Å². The molecule has 11 heavy (non-hydrogen) atoms. The lowest BCUT2D eigenvalue weighted by Gasteiger charge is -1.98. The normalized spacial score (nSPS) is 10.5. The summed E-state index contributed by atoms with van der Waals surface area (Å²) in [6.45, 7) is 5.79. The smallest absolute Gasteiger partial charge is 0.0640 e. The van der Waals surface area contributed by atoms with Crippen LogP contribution in [-0.4, -0.2) is 9.78 Å². The number of nitrogens with zero attached hydrogens (tertiary/aromatic N) is 2. The van der Waals surface area contributed by atoms with Crippen LogP contribution in [0.1, 0.15) is 17.0 Å². The van der Waals surface area contributed by atoms with E-state index in [9.17, 15) is 0 Å². The highest BCUT2D eigenvalue weighted by molar-refractivity contribution is 6.17. The molecule has 61 valence electrons. The van der Waals surface area contributed by atoms with E-state index in [1.165, 1.54) is 0 Å². The molecule has 0 N–H and O–H groups in total. The lowest BCUT2D eigenvalue weighted by atomic mass is 10.2. The average Bonchev–Trinajstić information content (AvgIpc) is 2.24. The molecule has 0 bridgehead atoms. The summed E-state index contributed by atoms with van der Waals surface area (Å²) >= 11 is 5.75. The fourth-order valence-corrected chi connectivity index (χ4v) is 1.58. The van der Waals surface area contributed by atoms with E-state index in [0.717, 1.165) is 23.4 Å². The topological polar surface area (TPSA) is 17.8 Å². The van der Waals surface area contributed by atoms with E-state index in [1.54, 1.807) is 0 Å². The van der Waals surface area contributed by atoms with E-state index < -0.39 is 0 Å². The molecule has 0 aliphatic heterocycles. The quantitative estimate of drug-likeness (QED) is 0.621. The first-order chi connectivity index (χ1) is 5.20. The predicted molar refractivity (Wildman–Crippen MR) is 46.6 cm³/mol. The van der Waals surface area contributed by atoms with Crippen molar-refractivity contribution in [2.75, 3.05) is 0 Å². The van der Waals surface area contributed by atoms with E-state index >= 15 is 0 Å². The largest absolute Gasteiger partial charge is 0.272 e. The standard InChI is InChI=1S/C8H12ClN2/c1-4-8-7(5-9)6(2)10-11(8)3/h1,4-5H2,2-3H3. The molecule has 0 saturated heterocycles. The minimum absolute atomic E-state index is 0.532. The van der Waals surface area contributed by atoms with Gasteiger partial charge in [0.25, 0.3) is 0 Å². The summed E-state index contributed by atoms with van der Waals surface area (Å²) < 4.78 is 1.85. The molecule has 1 rings (SSSR count). The van der Waals surface area contributed by atoms with Gasteiger partial charge >= 0.3 is 0 Å². The molecular weight excluding hydrogens is 160 g/mol. The Morgan fingerprint density at radius 2 is 2.27 bits per heavy atom. The zero-order valence-corrected chi connectivity index (χ0v) is 7.65. The second-order valence-electron chi connectivity index (χ2n) is 2.52. The minimum atomic E-state index is 0.532. The average molecular weight is 172 g/mol. The number of aryl methyl sites for hydroxylation is 2. The van der Waals surface area contributed by atoms with Crippen LogP contribution in [0.5, 0.6) is 0 Å². The van der Waals surface area contributed by atoms with Crippen molar-refractivity contribution >= 4 is 11.6 Å². The third-order valence-electron chi connectivity index (χ3n) is 1.85. The Balaban J connectivity index is 3.17. The summed E-state index contributed by atoms with van der Waals surface area (Å²) in [5.41, 5.74) is 3.28. The first-order valence-corrected chi connectivity index (χ1v) is 4.10. The van der Waals surface area contributed by atoms with Gasteiger partial charge in [-0.05, 0) is 20.3 Å². The number of halogens is 1. The number of hydrogen-bond acceptors (Lipinski definition) is 1. The zero-order valence-electron chi connectivity index (χ0n) is 6.89. The fraction of sp³-hybridized carbons (Fsp3) is 0.500. The zero-order chi connectivity index (χ0) is 8.43. The van der Waals surface area contributed by atoms with Crippen molar-refractivity contribution < 1.29 is 0 Å². The van der Waals surface area contributed by atoms with Crippen LogP contribution in [0.15, 0.2) is 0 Å². The Hall–Kier alpha value is -0.500. The van der Waals surface area contributed by atoms with Crippen LogP contribution < -0.4 is 0 Å². The molecule has 0 saturated carbocycles. The molecule has 0 fully saturated rings. The molecule has 0 aliphatic carbocycles. The van der Waals surface area contributed by atoms with Crippen LogP contribution in [0.3, 0.4) is 0 Å². The molecule has 0 aliphatic rings. The molecule has 0 amide bonds. The van der Waals surface area contributed by atoms with Crippen molar-refractivity contribution in [3.05, 3.63) is 23.9 Å². The number of aromatic nitrogens is 2. The van der Waals surface area contributed by atoms with E-state index in [4.69, 9.17) is 11.6 Å². The van der Waals surface area contributed by atoms with Crippen LogP contribution in [0.2, 0.25) is 0 Å². The van der Waals surface area contributed by atoms with Gasteiger partial charge in [0.05, 0.1) is 11.6 Å². The van der Waals surface area contributed by atoms with Gasteiger partial charge in [-0.15, -0.1) is 11.6 Å². The molecule has 0 spiro atoms. The maximum absolute atomic E-state index is 5.75. The third-order valence-corrected chi connectivity index (χ3v) is 2.11. The van der Waals surface area contributed by atoms with Crippen LogP contribution in [0.25, 0.3) is 0 Å².